The molecule has 0 amide bonds. The zero-order valence-electron chi connectivity index (χ0n) is 14.5. The number of anilines is 1. The van der Waals surface area contributed by atoms with Crippen LogP contribution in [0.5, 0.6) is 0 Å². The van der Waals surface area contributed by atoms with Gasteiger partial charge in [0.2, 0.25) is 0 Å². The van der Waals surface area contributed by atoms with Crippen molar-refractivity contribution in [3.63, 3.8) is 0 Å². The van der Waals surface area contributed by atoms with Crippen LogP contribution in [0.1, 0.15) is 5.69 Å². The summed E-state index contributed by atoms with van der Waals surface area (Å²) < 4.78 is 23.6. The third-order valence-corrected chi connectivity index (χ3v) is 5.92. The Balaban J connectivity index is 1.73. The topological polar surface area (TPSA) is 102 Å². The molecule has 0 unspecified atom stereocenters. The molecule has 0 saturated carbocycles. The van der Waals surface area contributed by atoms with Gasteiger partial charge in [-0.1, -0.05) is 36.4 Å². The molecule has 0 fully saturated rings. The first-order valence-corrected chi connectivity index (χ1v) is 10.8. The molecule has 0 radical (unpaired) electrons. The fourth-order valence-corrected chi connectivity index (χ4v) is 4.33. The summed E-state index contributed by atoms with van der Waals surface area (Å²) in [6.45, 7) is 0.395. The van der Waals surface area contributed by atoms with E-state index >= 15 is 0 Å². The van der Waals surface area contributed by atoms with Crippen molar-refractivity contribution >= 4 is 32.5 Å². The largest absolute Gasteiger partial charge is 0.379 e. The fraction of sp³-hybridized carbons (Fsp3) is 0.167. The zero-order chi connectivity index (χ0) is 19.4. The molecule has 0 aliphatic rings. The third-order valence-electron chi connectivity index (χ3n) is 3.85. The Morgan fingerprint density at radius 3 is 2.56 bits per heavy atom. The van der Waals surface area contributed by atoms with Gasteiger partial charge in [-0.25, -0.2) is 13.4 Å². The predicted octanol–water partition coefficient (Wildman–Crippen LogP) is 3.78. The second kappa shape index (κ2) is 7.85. The van der Waals surface area contributed by atoms with Crippen molar-refractivity contribution in [3.8, 4) is 10.6 Å². The molecule has 27 heavy (non-hydrogen) atoms. The summed E-state index contributed by atoms with van der Waals surface area (Å²) in [4.78, 5) is 15.0. The van der Waals surface area contributed by atoms with Crippen LogP contribution in [0.15, 0.2) is 58.8 Å². The maximum Gasteiger partial charge on any atom is 0.310 e. The lowest BCUT2D eigenvalue weighted by Crippen LogP contribution is -2.10. The number of nitrogens with zero attached hydrogens (tertiary/aromatic N) is 2. The molecule has 0 aliphatic carbocycles. The maximum atomic E-state index is 11.8. The Morgan fingerprint density at radius 1 is 1.15 bits per heavy atom. The number of thiazole rings is 1. The molecule has 0 atom stereocenters. The van der Waals surface area contributed by atoms with E-state index in [0.717, 1.165) is 22.5 Å². The Labute approximate surface area is 160 Å². The molecule has 0 saturated heterocycles. The van der Waals surface area contributed by atoms with E-state index < -0.39 is 20.4 Å². The maximum absolute atomic E-state index is 11.8. The van der Waals surface area contributed by atoms with Gasteiger partial charge in [0.25, 0.3) is 0 Å². The number of para-hydroxylation sites is 1. The van der Waals surface area contributed by atoms with Crippen LogP contribution in [-0.4, -0.2) is 31.1 Å². The Morgan fingerprint density at radius 2 is 1.89 bits per heavy atom. The van der Waals surface area contributed by atoms with Crippen LogP contribution in [0.25, 0.3) is 10.6 Å². The molecule has 140 valence electrons. The highest BCUT2D eigenvalue weighted by molar-refractivity contribution is 7.90. The molecule has 0 bridgehead atoms. The highest BCUT2D eigenvalue weighted by Crippen LogP contribution is 2.32. The van der Waals surface area contributed by atoms with Crippen molar-refractivity contribution in [2.75, 3.05) is 18.1 Å². The number of nitro benzene ring substituents is 1. The van der Waals surface area contributed by atoms with Crippen molar-refractivity contribution in [2.45, 2.75) is 11.3 Å². The smallest absolute Gasteiger partial charge is 0.310 e. The molecule has 3 rings (SSSR count). The number of nitrogens with one attached hydrogen (secondary N) is 1. The minimum Gasteiger partial charge on any atom is -0.379 e. The highest BCUT2D eigenvalue weighted by atomic mass is 32.2. The molecule has 0 aliphatic heterocycles. The summed E-state index contributed by atoms with van der Waals surface area (Å²) in [5.74, 6) is 0. The minimum atomic E-state index is -3.70. The zero-order valence-corrected chi connectivity index (χ0v) is 16.1. The molecule has 1 aromatic heterocycles. The summed E-state index contributed by atoms with van der Waals surface area (Å²) in [6.07, 6.45) is 1.52. The number of sulfone groups is 1. The Kier molecular flexibility index (Phi) is 5.52. The van der Waals surface area contributed by atoms with E-state index in [4.69, 9.17) is 0 Å². The second-order valence-electron chi connectivity index (χ2n) is 5.87. The lowest BCUT2D eigenvalue weighted by Gasteiger charge is -2.08. The van der Waals surface area contributed by atoms with Crippen LogP contribution in [-0.2, 0) is 16.3 Å². The van der Waals surface area contributed by atoms with E-state index in [0.29, 0.717) is 13.0 Å². The van der Waals surface area contributed by atoms with E-state index in [1.807, 2.05) is 35.7 Å². The number of benzene rings is 2. The van der Waals surface area contributed by atoms with Crippen LogP contribution >= 0.6 is 11.3 Å². The summed E-state index contributed by atoms with van der Waals surface area (Å²) >= 11 is 1.54. The second-order valence-corrected chi connectivity index (χ2v) is 8.71. The van der Waals surface area contributed by atoms with Gasteiger partial charge in [0.05, 0.1) is 10.6 Å². The van der Waals surface area contributed by atoms with Crippen molar-refractivity contribution < 1.29 is 13.3 Å². The average Bonchev–Trinajstić information content (AvgIpc) is 3.10. The van der Waals surface area contributed by atoms with Crippen molar-refractivity contribution in [1.82, 2.24) is 4.98 Å². The lowest BCUT2D eigenvalue weighted by atomic mass is 10.2. The normalized spacial score (nSPS) is 11.3. The SMILES string of the molecule is CS(=O)(=O)c1cccc(NCCc2csc(-c3ccccc3)n2)c1[N+](=O)[O-]. The van der Waals surface area contributed by atoms with Gasteiger partial charge in [-0.2, -0.15) is 0 Å². The minimum absolute atomic E-state index is 0.182. The highest BCUT2D eigenvalue weighted by Gasteiger charge is 2.25. The van der Waals surface area contributed by atoms with Crippen LogP contribution < -0.4 is 5.32 Å². The van der Waals surface area contributed by atoms with Crippen molar-refractivity contribution in [3.05, 3.63) is 69.7 Å². The van der Waals surface area contributed by atoms with Crippen LogP contribution in [0.3, 0.4) is 0 Å². The first-order chi connectivity index (χ1) is 12.9. The molecule has 9 heteroatoms. The van der Waals surface area contributed by atoms with Gasteiger partial charge in [0.1, 0.15) is 15.6 Å². The number of hydrogen-bond acceptors (Lipinski definition) is 7. The van der Waals surface area contributed by atoms with Gasteiger partial charge in [-0.15, -0.1) is 11.3 Å². The molecule has 3 aromatic rings. The van der Waals surface area contributed by atoms with Crippen LogP contribution in [0.2, 0.25) is 0 Å². The van der Waals surface area contributed by atoms with Gasteiger partial charge in [0, 0.05) is 30.2 Å². The number of aromatic nitrogens is 1. The molecular formula is C18H17N3O4S2. The van der Waals surface area contributed by atoms with Gasteiger partial charge in [0.15, 0.2) is 9.84 Å². The van der Waals surface area contributed by atoms with Crippen molar-refractivity contribution in [1.29, 1.82) is 0 Å². The van der Waals surface area contributed by atoms with E-state index in [2.05, 4.69) is 10.3 Å². The fourth-order valence-electron chi connectivity index (χ4n) is 2.61. The van der Waals surface area contributed by atoms with Gasteiger partial charge in [-0.3, -0.25) is 10.1 Å². The van der Waals surface area contributed by atoms with Gasteiger partial charge >= 0.3 is 5.69 Å². The first kappa shape index (κ1) is 19.0. The number of nitro groups is 1. The number of hydrogen-bond donors (Lipinski definition) is 1. The van der Waals surface area contributed by atoms with Gasteiger partial charge in [-0.05, 0) is 12.1 Å². The monoisotopic (exact) mass is 403 g/mol. The van der Waals surface area contributed by atoms with E-state index in [1.54, 1.807) is 0 Å². The standard InChI is InChI=1S/C18H17N3O4S2/c1-27(24,25)16-9-5-8-15(17(16)21(22)23)19-11-10-14-12-26-18(20-14)13-6-3-2-4-7-13/h2-9,12,19H,10-11H2,1H3. The average molecular weight is 403 g/mol. The van der Waals surface area contributed by atoms with E-state index in [-0.39, 0.29) is 10.6 Å². The molecule has 7 nitrogen and oxygen atoms in total. The molecular weight excluding hydrogens is 386 g/mol. The summed E-state index contributed by atoms with van der Waals surface area (Å²) in [5.41, 5.74) is 1.66. The van der Waals surface area contributed by atoms with Gasteiger partial charge < -0.3 is 5.32 Å². The summed E-state index contributed by atoms with van der Waals surface area (Å²) in [7, 11) is -3.70. The predicted molar refractivity (Wildman–Crippen MR) is 106 cm³/mol. The van der Waals surface area contributed by atoms with Crippen LogP contribution in [0, 0.1) is 10.1 Å². The summed E-state index contributed by atoms with van der Waals surface area (Å²) in [5, 5.41) is 17.2. The van der Waals surface area contributed by atoms with E-state index in [1.165, 1.54) is 29.5 Å². The Hall–Kier alpha value is -2.78. The first-order valence-electron chi connectivity index (χ1n) is 8.07. The Bertz CT molecular complexity index is 1060. The lowest BCUT2D eigenvalue weighted by molar-refractivity contribution is -0.386. The summed E-state index contributed by atoms with van der Waals surface area (Å²) in [6, 6.07) is 14.1. The molecule has 0 spiro atoms. The quantitative estimate of drug-likeness (QED) is 0.476. The molecule has 1 N–H and O–H groups in total. The third kappa shape index (κ3) is 4.50. The van der Waals surface area contributed by atoms with Crippen molar-refractivity contribution in [2.24, 2.45) is 0 Å². The molecule has 2 aromatic carbocycles. The van der Waals surface area contributed by atoms with Crippen LogP contribution in [0.4, 0.5) is 11.4 Å². The molecule has 1 heterocycles. The number of rotatable bonds is 7. The van der Waals surface area contributed by atoms with E-state index in [9.17, 15) is 18.5 Å².